The molecule has 2 amide bonds. The van der Waals surface area contributed by atoms with E-state index in [2.05, 4.69) is 5.32 Å². The molecule has 6 heteroatoms. The zero-order chi connectivity index (χ0) is 13.3. The lowest BCUT2D eigenvalue weighted by atomic mass is 9.79. The average Bonchev–Trinajstić information content (AvgIpc) is 2.71. The van der Waals surface area contributed by atoms with E-state index in [4.69, 9.17) is 5.73 Å². The number of amides is 2. The summed E-state index contributed by atoms with van der Waals surface area (Å²) in [6.07, 6.45) is 1.13. The number of piperidine rings is 1. The number of hydrogen-bond donors (Lipinski definition) is 3. The molecule has 2 fully saturated rings. The quantitative estimate of drug-likeness (QED) is 0.579. The van der Waals surface area contributed by atoms with E-state index in [9.17, 15) is 14.7 Å². The van der Waals surface area contributed by atoms with Crippen LogP contribution in [0.5, 0.6) is 0 Å². The van der Waals surface area contributed by atoms with Gasteiger partial charge in [0.25, 0.3) is 0 Å². The third-order valence-corrected chi connectivity index (χ3v) is 4.09. The molecule has 2 aliphatic rings. The zero-order valence-electron chi connectivity index (χ0n) is 10.7. The number of primary amides is 1. The molecule has 0 aromatic rings. The number of carbonyl (C=O) groups is 2. The number of aliphatic hydroxyl groups is 1. The number of β-amino-alcohol motifs (C(OH)–C–C–N with tert-alkyl or cyclic N) is 1. The molecule has 0 spiro atoms. The van der Waals surface area contributed by atoms with E-state index in [-0.39, 0.29) is 18.9 Å². The minimum atomic E-state index is -0.654. The van der Waals surface area contributed by atoms with Gasteiger partial charge in [0.2, 0.25) is 11.8 Å². The summed E-state index contributed by atoms with van der Waals surface area (Å²) in [7, 11) is 0. The van der Waals surface area contributed by atoms with Gasteiger partial charge >= 0.3 is 0 Å². The van der Waals surface area contributed by atoms with Crippen molar-refractivity contribution in [2.24, 2.45) is 11.1 Å². The van der Waals surface area contributed by atoms with Crippen molar-refractivity contribution < 1.29 is 14.7 Å². The topological polar surface area (TPSA) is 95.7 Å². The Morgan fingerprint density at radius 2 is 2.00 bits per heavy atom. The van der Waals surface area contributed by atoms with Crippen LogP contribution in [0.1, 0.15) is 26.2 Å². The summed E-state index contributed by atoms with van der Waals surface area (Å²) >= 11 is 0. The maximum Gasteiger partial charge on any atom is 0.240 e. The monoisotopic (exact) mass is 255 g/mol. The van der Waals surface area contributed by atoms with Crippen molar-refractivity contribution in [2.75, 3.05) is 19.6 Å². The summed E-state index contributed by atoms with van der Waals surface area (Å²) in [5, 5.41) is 12.9. The van der Waals surface area contributed by atoms with Gasteiger partial charge in [-0.3, -0.25) is 9.59 Å². The fourth-order valence-electron chi connectivity index (χ4n) is 2.85. The molecule has 0 radical (unpaired) electrons. The van der Waals surface area contributed by atoms with Crippen LogP contribution in [0.2, 0.25) is 0 Å². The first-order valence-electron chi connectivity index (χ1n) is 6.43. The Hall–Kier alpha value is -1.14. The van der Waals surface area contributed by atoms with Crippen LogP contribution in [0.4, 0.5) is 0 Å². The molecule has 2 saturated heterocycles. The SMILES string of the molecule is CC1(C(=O)N2CC(O)CC2C(N)=O)CCNCC1. The Morgan fingerprint density at radius 3 is 2.56 bits per heavy atom. The predicted octanol–water partition coefficient (Wildman–Crippen LogP) is -1.18. The number of aliphatic hydroxyl groups excluding tert-OH is 1. The molecule has 2 heterocycles. The number of nitrogens with zero attached hydrogens (tertiary/aromatic N) is 1. The van der Waals surface area contributed by atoms with E-state index in [0.717, 1.165) is 25.9 Å². The maximum atomic E-state index is 12.6. The lowest BCUT2D eigenvalue weighted by molar-refractivity contribution is -0.147. The van der Waals surface area contributed by atoms with Crippen LogP contribution in [0.15, 0.2) is 0 Å². The van der Waals surface area contributed by atoms with Crippen molar-refractivity contribution in [1.29, 1.82) is 0 Å². The Kier molecular flexibility index (Phi) is 3.59. The highest BCUT2D eigenvalue weighted by molar-refractivity contribution is 5.90. The second-order valence-electron chi connectivity index (χ2n) is 5.58. The molecule has 0 bridgehead atoms. The molecule has 2 aliphatic heterocycles. The van der Waals surface area contributed by atoms with Crippen molar-refractivity contribution in [1.82, 2.24) is 10.2 Å². The second-order valence-corrected chi connectivity index (χ2v) is 5.58. The lowest BCUT2D eigenvalue weighted by Crippen LogP contribution is -2.52. The molecule has 4 N–H and O–H groups in total. The highest BCUT2D eigenvalue weighted by Crippen LogP contribution is 2.33. The summed E-state index contributed by atoms with van der Waals surface area (Å²) in [5.74, 6) is -0.582. The van der Waals surface area contributed by atoms with Crippen molar-refractivity contribution in [3.63, 3.8) is 0 Å². The van der Waals surface area contributed by atoms with Crippen LogP contribution in [-0.2, 0) is 9.59 Å². The van der Waals surface area contributed by atoms with Gasteiger partial charge in [-0.05, 0) is 25.9 Å². The van der Waals surface area contributed by atoms with E-state index >= 15 is 0 Å². The van der Waals surface area contributed by atoms with Crippen molar-refractivity contribution in [2.45, 2.75) is 38.3 Å². The van der Waals surface area contributed by atoms with Crippen LogP contribution < -0.4 is 11.1 Å². The Morgan fingerprint density at radius 1 is 1.39 bits per heavy atom. The van der Waals surface area contributed by atoms with E-state index < -0.39 is 23.5 Å². The number of hydrogen-bond acceptors (Lipinski definition) is 4. The number of nitrogens with one attached hydrogen (secondary N) is 1. The van der Waals surface area contributed by atoms with Crippen LogP contribution in [0.3, 0.4) is 0 Å². The Balaban J connectivity index is 2.14. The number of nitrogens with two attached hydrogens (primary N) is 1. The van der Waals surface area contributed by atoms with Crippen LogP contribution in [-0.4, -0.2) is 53.6 Å². The molecular formula is C12H21N3O3. The van der Waals surface area contributed by atoms with E-state index in [1.165, 1.54) is 4.90 Å². The fourth-order valence-corrected chi connectivity index (χ4v) is 2.85. The second kappa shape index (κ2) is 4.85. The minimum absolute atomic E-state index is 0.0515. The summed E-state index contributed by atoms with van der Waals surface area (Å²) in [6.45, 7) is 3.76. The smallest absolute Gasteiger partial charge is 0.240 e. The molecule has 0 aliphatic carbocycles. The molecule has 2 atom stereocenters. The largest absolute Gasteiger partial charge is 0.391 e. The fraction of sp³-hybridized carbons (Fsp3) is 0.833. The Bertz CT molecular complexity index is 352. The van der Waals surface area contributed by atoms with Gasteiger partial charge < -0.3 is 21.1 Å². The number of carbonyl (C=O) groups excluding carboxylic acids is 2. The van der Waals surface area contributed by atoms with Gasteiger partial charge in [-0.25, -0.2) is 0 Å². The molecule has 0 aromatic heterocycles. The minimum Gasteiger partial charge on any atom is -0.391 e. The van der Waals surface area contributed by atoms with E-state index in [0.29, 0.717) is 0 Å². The van der Waals surface area contributed by atoms with Gasteiger partial charge in [0.05, 0.1) is 6.10 Å². The molecule has 18 heavy (non-hydrogen) atoms. The summed E-state index contributed by atoms with van der Waals surface area (Å²) in [6, 6.07) is -0.654. The molecule has 0 saturated carbocycles. The molecule has 2 rings (SSSR count). The van der Waals surface area contributed by atoms with Crippen molar-refractivity contribution in [3.8, 4) is 0 Å². The number of likely N-dealkylation sites (tertiary alicyclic amines) is 1. The predicted molar refractivity (Wildman–Crippen MR) is 65.5 cm³/mol. The molecule has 102 valence electrons. The first-order chi connectivity index (χ1) is 8.44. The zero-order valence-corrected chi connectivity index (χ0v) is 10.7. The van der Waals surface area contributed by atoms with E-state index in [1.807, 2.05) is 6.92 Å². The molecule has 0 aromatic carbocycles. The normalized spacial score (nSPS) is 31.3. The molecule has 6 nitrogen and oxygen atoms in total. The highest BCUT2D eigenvalue weighted by Gasteiger charge is 2.45. The van der Waals surface area contributed by atoms with Gasteiger partial charge in [0, 0.05) is 18.4 Å². The summed E-state index contributed by atoms with van der Waals surface area (Å²) in [4.78, 5) is 25.4. The Labute approximate surface area is 107 Å². The highest BCUT2D eigenvalue weighted by atomic mass is 16.3. The third-order valence-electron chi connectivity index (χ3n) is 4.09. The van der Waals surface area contributed by atoms with E-state index in [1.54, 1.807) is 0 Å². The first-order valence-corrected chi connectivity index (χ1v) is 6.43. The average molecular weight is 255 g/mol. The molecule has 2 unspecified atom stereocenters. The lowest BCUT2D eigenvalue weighted by Gasteiger charge is -2.37. The van der Waals surface area contributed by atoms with Gasteiger partial charge in [0.15, 0.2) is 0 Å². The third kappa shape index (κ3) is 2.35. The van der Waals surface area contributed by atoms with Crippen molar-refractivity contribution >= 4 is 11.8 Å². The maximum absolute atomic E-state index is 12.6. The van der Waals surface area contributed by atoms with Crippen LogP contribution in [0, 0.1) is 5.41 Å². The standard InChI is InChI=1S/C12H21N3O3/c1-12(2-4-14-5-3-12)11(18)15-7-8(16)6-9(15)10(13)17/h8-9,14,16H,2-7H2,1H3,(H2,13,17). The van der Waals surface area contributed by atoms with Crippen molar-refractivity contribution in [3.05, 3.63) is 0 Å². The summed E-state index contributed by atoms with van der Waals surface area (Å²) in [5.41, 5.74) is 4.86. The van der Waals surface area contributed by atoms with Gasteiger partial charge in [-0.15, -0.1) is 0 Å². The first kappa shape index (κ1) is 13.3. The van der Waals surface area contributed by atoms with Crippen LogP contribution in [0.25, 0.3) is 0 Å². The van der Waals surface area contributed by atoms with Gasteiger partial charge in [-0.2, -0.15) is 0 Å². The number of rotatable bonds is 2. The molecular weight excluding hydrogens is 234 g/mol. The van der Waals surface area contributed by atoms with Crippen LogP contribution >= 0.6 is 0 Å². The summed E-state index contributed by atoms with van der Waals surface area (Å²) < 4.78 is 0. The van der Waals surface area contributed by atoms with Gasteiger partial charge in [-0.1, -0.05) is 6.92 Å². The van der Waals surface area contributed by atoms with Gasteiger partial charge in [0.1, 0.15) is 6.04 Å².